The molecule has 0 aliphatic heterocycles. The lowest BCUT2D eigenvalue weighted by Gasteiger charge is -2.24. The number of hydrogen-bond acceptors (Lipinski definition) is 7. The van der Waals surface area contributed by atoms with E-state index in [4.69, 9.17) is 16.3 Å². The quantitative estimate of drug-likeness (QED) is 0.350. The van der Waals surface area contributed by atoms with E-state index in [2.05, 4.69) is 24.7 Å². The van der Waals surface area contributed by atoms with Gasteiger partial charge in [-0.25, -0.2) is 27.5 Å². The molecule has 0 aliphatic carbocycles. The summed E-state index contributed by atoms with van der Waals surface area (Å²) in [7, 11) is -1.15. The molecule has 2 amide bonds. The summed E-state index contributed by atoms with van der Waals surface area (Å²) >= 11 is 6.01. The number of sulfonamides is 1. The molecule has 2 aromatic heterocycles. The summed E-state index contributed by atoms with van der Waals surface area (Å²) in [5, 5.41) is 6.26. The van der Waals surface area contributed by atoms with Crippen molar-refractivity contribution in [3.8, 4) is 16.9 Å². The number of methoxy groups -OCH3 is 1. The molecule has 0 atom stereocenters. The van der Waals surface area contributed by atoms with Crippen LogP contribution in [0.1, 0.15) is 0 Å². The Morgan fingerprint density at radius 3 is 2.53 bits per heavy atom. The molecule has 2 heterocycles. The number of ether oxygens (including phenoxy) is 1. The van der Waals surface area contributed by atoms with Crippen LogP contribution in [0.15, 0.2) is 76.5 Å². The predicted molar refractivity (Wildman–Crippen MR) is 132 cm³/mol. The molecule has 0 fully saturated rings. The van der Waals surface area contributed by atoms with Crippen LogP contribution in [0.5, 0.6) is 5.75 Å². The third kappa shape index (κ3) is 5.24. The minimum atomic E-state index is -4.01. The average molecular weight is 532 g/mol. The van der Waals surface area contributed by atoms with Gasteiger partial charge in [0, 0.05) is 24.3 Å². The first-order chi connectivity index (χ1) is 17.2. The fraction of sp³-hybridized carbons (Fsp3) is 0.0870. The summed E-state index contributed by atoms with van der Waals surface area (Å²) in [6, 6.07) is 12.4. The van der Waals surface area contributed by atoms with Crippen LogP contribution in [0.4, 0.5) is 26.5 Å². The molecule has 0 radical (unpaired) electrons. The van der Waals surface area contributed by atoms with Crippen molar-refractivity contribution in [2.24, 2.45) is 0 Å². The highest BCUT2D eigenvalue weighted by Crippen LogP contribution is 2.37. The van der Waals surface area contributed by atoms with Crippen LogP contribution in [-0.2, 0) is 10.0 Å². The van der Waals surface area contributed by atoms with Crippen LogP contribution in [0.2, 0.25) is 5.02 Å². The number of halogens is 2. The average Bonchev–Trinajstić information content (AvgIpc) is 3.36. The van der Waals surface area contributed by atoms with E-state index in [0.717, 1.165) is 6.20 Å². The molecule has 10 nitrogen and oxygen atoms in total. The number of hydrogen-bond donors (Lipinski definition) is 2. The third-order valence-electron chi connectivity index (χ3n) is 4.97. The van der Waals surface area contributed by atoms with Gasteiger partial charge in [-0.1, -0.05) is 22.8 Å². The lowest BCUT2D eigenvalue weighted by molar-refractivity contribution is 0.250. The summed E-state index contributed by atoms with van der Waals surface area (Å²) < 4.78 is 51.5. The lowest BCUT2D eigenvalue weighted by atomic mass is 10.0. The highest BCUT2D eigenvalue weighted by molar-refractivity contribution is 7.92. The largest absolute Gasteiger partial charge is 0.495 e. The molecule has 0 saturated heterocycles. The molecular formula is C23H19ClFN5O5S. The van der Waals surface area contributed by atoms with Crippen LogP contribution in [0.25, 0.3) is 11.1 Å². The number of carbonyl (C=O) groups excluding carboxylic acids is 1. The minimum absolute atomic E-state index is 0.00469. The van der Waals surface area contributed by atoms with Crippen molar-refractivity contribution in [3.63, 3.8) is 0 Å². The Morgan fingerprint density at radius 1 is 1.11 bits per heavy atom. The van der Waals surface area contributed by atoms with E-state index < -0.39 is 21.9 Å². The molecule has 2 aromatic carbocycles. The van der Waals surface area contributed by atoms with E-state index in [-0.39, 0.29) is 27.2 Å². The summed E-state index contributed by atoms with van der Waals surface area (Å²) in [4.78, 5) is 18.1. The standard InChI is InChI=1S/C23H19ClFN5O5S/c1-26-23(31)30(22-6-4-18(13-27-22)36(32,33)29-21-7-8-35-28-21)19-11-14(3-5-20(19)34-2)15-9-16(24)12-17(25)10-15/h3-13H,1-2H3,(H,26,31)(H,28,29). The van der Waals surface area contributed by atoms with Crippen LogP contribution in [-0.4, -0.2) is 38.7 Å². The van der Waals surface area contributed by atoms with E-state index in [0.29, 0.717) is 16.9 Å². The second kappa shape index (κ2) is 10.2. The molecule has 0 aliphatic rings. The number of carbonyl (C=O) groups is 1. The second-order valence-corrected chi connectivity index (χ2v) is 9.40. The molecule has 0 saturated carbocycles. The number of anilines is 3. The maximum atomic E-state index is 14.0. The van der Waals surface area contributed by atoms with Crippen LogP contribution in [0.3, 0.4) is 0 Å². The predicted octanol–water partition coefficient (Wildman–Crippen LogP) is 4.82. The molecule has 0 spiro atoms. The Bertz CT molecular complexity index is 1480. The van der Waals surface area contributed by atoms with Gasteiger partial charge in [0.15, 0.2) is 5.82 Å². The normalized spacial score (nSPS) is 11.1. The molecule has 0 unspecified atom stereocenters. The maximum absolute atomic E-state index is 14.0. The van der Waals surface area contributed by atoms with Gasteiger partial charge in [-0.2, -0.15) is 0 Å². The smallest absolute Gasteiger partial charge is 0.327 e. The first-order valence-corrected chi connectivity index (χ1v) is 12.1. The number of pyridine rings is 1. The fourth-order valence-corrected chi connectivity index (χ4v) is 4.50. The number of rotatable bonds is 7. The zero-order valence-electron chi connectivity index (χ0n) is 18.9. The van der Waals surface area contributed by atoms with Crippen molar-refractivity contribution >= 4 is 45.0 Å². The van der Waals surface area contributed by atoms with Crippen LogP contribution < -0.4 is 19.7 Å². The molecule has 4 aromatic rings. The maximum Gasteiger partial charge on any atom is 0.327 e. The Labute approximate surface area is 210 Å². The van der Waals surface area contributed by atoms with Gasteiger partial charge < -0.3 is 14.6 Å². The number of nitrogens with zero attached hydrogens (tertiary/aromatic N) is 3. The van der Waals surface area contributed by atoms with Gasteiger partial charge in [0.05, 0.1) is 12.8 Å². The van der Waals surface area contributed by atoms with Crippen molar-refractivity contribution in [2.75, 3.05) is 23.8 Å². The highest BCUT2D eigenvalue weighted by Gasteiger charge is 2.24. The van der Waals surface area contributed by atoms with Crippen molar-refractivity contribution in [1.82, 2.24) is 15.5 Å². The van der Waals surface area contributed by atoms with E-state index in [1.54, 1.807) is 24.3 Å². The monoisotopic (exact) mass is 531 g/mol. The van der Waals surface area contributed by atoms with E-state index in [9.17, 15) is 17.6 Å². The van der Waals surface area contributed by atoms with Crippen molar-refractivity contribution < 1.29 is 26.9 Å². The zero-order valence-corrected chi connectivity index (χ0v) is 20.5. The van der Waals surface area contributed by atoms with Crippen molar-refractivity contribution in [1.29, 1.82) is 0 Å². The molecule has 0 bridgehead atoms. The first-order valence-electron chi connectivity index (χ1n) is 10.3. The van der Waals surface area contributed by atoms with Gasteiger partial charge in [-0.15, -0.1) is 0 Å². The Hall–Kier alpha value is -4.16. The Morgan fingerprint density at radius 2 is 1.92 bits per heavy atom. The van der Waals surface area contributed by atoms with Crippen LogP contribution in [0, 0.1) is 5.82 Å². The molecule has 2 N–H and O–H groups in total. The highest BCUT2D eigenvalue weighted by atomic mass is 35.5. The number of benzene rings is 2. The van der Waals surface area contributed by atoms with E-state index >= 15 is 0 Å². The minimum Gasteiger partial charge on any atom is -0.495 e. The van der Waals surface area contributed by atoms with Crippen LogP contribution >= 0.6 is 11.6 Å². The van der Waals surface area contributed by atoms with Crippen molar-refractivity contribution in [2.45, 2.75) is 4.90 Å². The number of aromatic nitrogens is 2. The number of amides is 2. The van der Waals surface area contributed by atoms with Gasteiger partial charge in [0.2, 0.25) is 0 Å². The van der Waals surface area contributed by atoms with Crippen molar-refractivity contribution in [3.05, 3.63) is 77.9 Å². The SMILES string of the molecule is CNC(=O)N(c1ccc(S(=O)(=O)Nc2ccon2)cn1)c1cc(-c2cc(F)cc(Cl)c2)ccc1OC. The van der Waals surface area contributed by atoms with E-state index in [1.807, 2.05) is 0 Å². The molecule has 36 heavy (non-hydrogen) atoms. The number of urea groups is 1. The summed E-state index contributed by atoms with van der Waals surface area (Å²) in [5.41, 5.74) is 1.31. The Kier molecular flexibility index (Phi) is 7.08. The number of nitrogens with one attached hydrogen (secondary N) is 2. The molecular weight excluding hydrogens is 513 g/mol. The molecule has 13 heteroatoms. The molecule has 4 rings (SSSR count). The molecule has 186 valence electrons. The topological polar surface area (TPSA) is 127 Å². The van der Waals surface area contributed by atoms with Gasteiger partial charge in [0.1, 0.15) is 28.5 Å². The van der Waals surface area contributed by atoms with Gasteiger partial charge in [0.25, 0.3) is 10.0 Å². The van der Waals surface area contributed by atoms with E-state index in [1.165, 1.54) is 55.7 Å². The fourth-order valence-electron chi connectivity index (χ4n) is 3.34. The summed E-state index contributed by atoms with van der Waals surface area (Å²) in [5.74, 6) is -0.0979. The first kappa shape index (κ1) is 24.9. The Balaban J connectivity index is 1.76. The third-order valence-corrected chi connectivity index (χ3v) is 6.53. The lowest BCUT2D eigenvalue weighted by Crippen LogP contribution is -2.35. The summed E-state index contributed by atoms with van der Waals surface area (Å²) in [6.45, 7) is 0. The summed E-state index contributed by atoms with van der Waals surface area (Å²) in [6.07, 6.45) is 2.32. The van der Waals surface area contributed by atoms with Gasteiger partial charge in [-0.3, -0.25) is 4.72 Å². The second-order valence-electron chi connectivity index (χ2n) is 7.28. The zero-order chi connectivity index (χ0) is 25.9. The van der Waals surface area contributed by atoms with Gasteiger partial charge >= 0.3 is 6.03 Å². The van der Waals surface area contributed by atoms with Gasteiger partial charge in [-0.05, 0) is 53.6 Å².